The Hall–Kier alpha value is -4.53. The zero-order chi connectivity index (χ0) is 22.1. The van der Waals surface area contributed by atoms with Gasteiger partial charge >= 0.3 is 11.3 Å². The molecule has 0 atom stereocenters. The second-order valence-electron chi connectivity index (χ2n) is 6.75. The van der Waals surface area contributed by atoms with Crippen molar-refractivity contribution >= 4 is 22.3 Å². The maximum Gasteiger partial charge on any atom is 0.336 e. The van der Waals surface area contributed by atoms with Crippen LogP contribution >= 0.6 is 0 Å². The third-order valence-corrected chi connectivity index (χ3v) is 4.61. The zero-order valence-corrected chi connectivity index (χ0v) is 16.1. The molecule has 0 unspecified atom stereocenters. The lowest BCUT2D eigenvalue weighted by Gasteiger charge is -2.13. The van der Waals surface area contributed by atoms with E-state index in [1.807, 2.05) is 30.3 Å². The normalized spacial score (nSPS) is 10.7. The highest BCUT2D eigenvalue weighted by Crippen LogP contribution is 2.40. The summed E-state index contributed by atoms with van der Waals surface area (Å²) in [7, 11) is 0. The Morgan fingerprint density at radius 1 is 0.871 bits per heavy atom. The van der Waals surface area contributed by atoms with E-state index in [0.29, 0.717) is 16.5 Å². The van der Waals surface area contributed by atoms with Crippen LogP contribution in [0.2, 0.25) is 0 Å². The van der Waals surface area contributed by atoms with Crippen LogP contribution in [0, 0.1) is 27.2 Å². The van der Waals surface area contributed by atoms with Crippen molar-refractivity contribution in [3.63, 3.8) is 0 Å². The summed E-state index contributed by atoms with van der Waals surface area (Å²) in [6.07, 6.45) is 0. The van der Waals surface area contributed by atoms with Gasteiger partial charge in [0.2, 0.25) is 5.75 Å². The number of nitro groups is 2. The Morgan fingerprint density at radius 3 is 2.29 bits per heavy atom. The molecule has 0 saturated heterocycles. The minimum atomic E-state index is -0.751. The number of nitrogens with zero attached hydrogens (tertiary/aromatic N) is 2. The second-order valence-corrected chi connectivity index (χ2v) is 6.75. The summed E-state index contributed by atoms with van der Waals surface area (Å²) in [5.74, 6) is 0.0438. The fraction of sp³-hybridized carbons (Fsp3) is 0.0455. The molecule has 0 bridgehead atoms. The van der Waals surface area contributed by atoms with E-state index in [4.69, 9.17) is 9.15 Å². The van der Waals surface area contributed by atoms with Crippen molar-refractivity contribution in [2.45, 2.75) is 6.92 Å². The molecule has 9 nitrogen and oxygen atoms in total. The van der Waals surface area contributed by atoms with E-state index in [1.54, 1.807) is 19.1 Å². The van der Waals surface area contributed by atoms with Crippen LogP contribution in [0.25, 0.3) is 22.1 Å². The van der Waals surface area contributed by atoms with Gasteiger partial charge in [0.05, 0.1) is 21.3 Å². The lowest BCUT2D eigenvalue weighted by atomic mass is 10.0. The van der Waals surface area contributed by atoms with E-state index in [1.165, 1.54) is 12.1 Å². The number of benzene rings is 3. The average Bonchev–Trinajstić information content (AvgIpc) is 2.73. The number of aryl methyl sites for hydroxylation is 1. The van der Waals surface area contributed by atoms with Crippen LogP contribution in [0.1, 0.15) is 5.56 Å². The van der Waals surface area contributed by atoms with E-state index in [9.17, 15) is 25.0 Å². The summed E-state index contributed by atoms with van der Waals surface area (Å²) in [5.41, 5.74) is 0.681. The van der Waals surface area contributed by atoms with E-state index in [2.05, 4.69) is 0 Å². The molecule has 1 heterocycles. The van der Waals surface area contributed by atoms with Crippen LogP contribution in [-0.4, -0.2) is 9.85 Å². The first-order chi connectivity index (χ1) is 14.8. The van der Waals surface area contributed by atoms with Crippen LogP contribution < -0.4 is 10.4 Å². The van der Waals surface area contributed by atoms with Crippen molar-refractivity contribution < 1.29 is 19.0 Å². The largest absolute Gasteiger partial charge is 0.449 e. The van der Waals surface area contributed by atoms with Gasteiger partial charge in [0.15, 0.2) is 0 Å². The molecule has 31 heavy (non-hydrogen) atoms. The first-order valence-electron chi connectivity index (χ1n) is 9.08. The Labute approximate surface area is 174 Å². The fourth-order valence-electron chi connectivity index (χ4n) is 3.29. The molecule has 0 saturated carbocycles. The number of hydrogen-bond donors (Lipinski definition) is 0. The third kappa shape index (κ3) is 3.84. The van der Waals surface area contributed by atoms with E-state index in [0.717, 1.165) is 17.7 Å². The van der Waals surface area contributed by atoms with E-state index >= 15 is 0 Å². The Morgan fingerprint density at radius 2 is 1.61 bits per heavy atom. The van der Waals surface area contributed by atoms with Crippen molar-refractivity contribution in [3.8, 4) is 22.6 Å². The summed E-state index contributed by atoms with van der Waals surface area (Å²) in [5, 5.41) is 22.9. The summed E-state index contributed by atoms with van der Waals surface area (Å²) in [4.78, 5) is 33.2. The number of fused-ring (bicyclic) bond motifs is 1. The van der Waals surface area contributed by atoms with Gasteiger partial charge in [-0.1, -0.05) is 30.3 Å². The van der Waals surface area contributed by atoms with Crippen molar-refractivity contribution in [1.29, 1.82) is 0 Å². The van der Waals surface area contributed by atoms with Gasteiger partial charge < -0.3 is 9.15 Å². The maximum absolute atomic E-state index is 12.1. The average molecular weight is 418 g/mol. The van der Waals surface area contributed by atoms with E-state index in [-0.39, 0.29) is 17.1 Å². The summed E-state index contributed by atoms with van der Waals surface area (Å²) in [6, 6.07) is 16.9. The monoisotopic (exact) mass is 418 g/mol. The predicted molar refractivity (Wildman–Crippen MR) is 112 cm³/mol. The van der Waals surface area contributed by atoms with Crippen molar-refractivity contribution in [3.05, 3.63) is 103 Å². The van der Waals surface area contributed by atoms with Crippen molar-refractivity contribution in [2.24, 2.45) is 0 Å². The summed E-state index contributed by atoms with van der Waals surface area (Å²) >= 11 is 0. The zero-order valence-electron chi connectivity index (χ0n) is 16.1. The van der Waals surface area contributed by atoms with Gasteiger partial charge in [0, 0.05) is 17.7 Å². The molecule has 3 aromatic carbocycles. The molecule has 4 aromatic rings. The van der Waals surface area contributed by atoms with E-state index < -0.39 is 26.8 Å². The molecule has 1 aromatic heterocycles. The SMILES string of the molecule is Cc1cc(Oc2ccc([N+](=O)[O-])cc2[N+](=O)[O-])c2c(-c3ccccc3)cc(=O)oc2c1. The molecular weight excluding hydrogens is 404 g/mol. The standard InChI is InChI=1S/C22H14N2O7/c1-13-9-19(30-18-8-7-15(23(26)27)11-17(18)24(28)29)22-16(14-5-3-2-4-6-14)12-21(25)31-20(22)10-13/h2-12H,1H3. The van der Waals surface area contributed by atoms with Gasteiger partial charge in [-0.2, -0.15) is 0 Å². The number of hydrogen-bond acceptors (Lipinski definition) is 7. The molecule has 0 aliphatic rings. The van der Waals surface area contributed by atoms with Gasteiger partial charge in [-0.3, -0.25) is 20.2 Å². The van der Waals surface area contributed by atoms with Crippen molar-refractivity contribution in [1.82, 2.24) is 0 Å². The maximum atomic E-state index is 12.1. The van der Waals surface area contributed by atoms with Crippen LogP contribution in [0.3, 0.4) is 0 Å². The molecule has 0 N–H and O–H groups in total. The van der Waals surface area contributed by atoms with Gasteiger partial charge in [-0.15, -0.1) is 0 Å². The predicted octanol–water partition coefficient (Wildman–Crippen LogP) is 5.38. The molecule has 0 spiro atoms. The highest BCUT2D eigenvalue weighted by atomic mass is 16.6. The van der Waals surface area contributed by atoms with Crippen LogP contribution in [0.5, 0.6) is 11.5 Å². The molecular formula is C22H14N2O7. The van der Waals surface area contributed by atoms with Crippen LogP contribution in [0.4, 0.5) is 11.4 Å². The number of ether oxygens (including phenoxy) is 1. The molecule has 0 amide bonds. The van der Waals surface area contributed by atoms with Crippen LogP contribution in [-0.2, 0) is 0 Å². The van der Waals surface area contributed by atoms with Crippen molar-refractivity contribution in [2.75, 3.05) is 0 Å². The molecule has 4 rings (SSSR count). The first kappa shape index (κ1) is 19.8. The topological polar surface area (TPSA) is 126 Å². The highest BCUT2D eigenvalue weighted by Gasteiger charge is 2.23. The second kappa shape index (κ2) is 7.71. The number of non-ortho nitro benzene ring substituents is 1. The van der Waals surface area contributed by atoms with Gasteiger partial charge in [0.25, 0.3) is 5.69 Å². The molecule has 9 heteroatoms. The number of nitro benzene ring substituents is 2. The first-order valence-corrected chi connectivity index (χ1v) is 9.08. The Kier molecular flexibility index (Phi) is 4.92. The summed E-state index contributed by atoms with van der Waals surface area (Å²) in [6.45, 7) is 1.76. The minimum Gasteiger partial charge on any atom is -0.449 e. The Bertz CT molecular complexity index is 1390. The third-order valence-electron chi connectivity index (χ3n) is 4.61. The Balaban J connectivity index is 1.96. The molecule has 154 valence electrons. The molecule has 0 aliphatic heterocycles. The smallest absolute Gasteiger partial charge is 0.336 e. The van der Waals surface area contributed by atoms with Gasteiger partial charge in [0.1, 0.15) is 11.3 Å². The minimum absolute atomic E-state index is 0.173. The lowest BCUT2D eigenvalue weighted by Crippen LogP contribution is -2.01. The molecule has 0 aliphatic carbocycles. The summed E-state index contributed by atoms with van der Waals surface area (Å²) < 4.78 is 11.2. The molecule has 0 radical (unpaired) electrons. The van der Waals surface area contributed by atoms with Gasteiger partial charge in [-0.05, 0) is 36.2 Å². The fourth-order valence-corrected chi connectivity index (χ4v) is 3.29. The molecule has 0 fully saturated rings. The quantitative estimate of drug-likeness (QED) is 0.242. The van der Waals surface area contributed by atoms with Gasteiger partial charge in [-0.25, -0.2) is 4.79 Å². The van der Waals surface area contributed by atoms with Crippen LogP contribution in [0.15, 0.2) is 75.9 Å². The highest BCUT2D eigenvalue weighted by molar-refractivity contribution is 5.98. The number of rotatable bonds is 5. The lowest BCUT2D eigenvalue weighted by molar-refractivity contribution is -0.394.